The Morgan fingerprint density at radius 1 is 0.818 bits per heavy atom. The molecule has 8 nitrogen and oxygen atoms in total. The number of carbonyl (C=O) groups is 1. The van der Waals surface area contributed by atoms with Crippen molar-refractivity contribution in [1.82, 2.24) is 14.9 Å². The van der Waals surface area contributed by atoms with Gasteiger partial charge in [-0.05, 0) is 24.3 Å². The summed E-state index contributed by atoms with van der Waals surface area (Å²) in [5, 5.41) is 11.8. The molecule has 3 aromatic carbocycles. The van der Waals surface area contributed by atoms with Gasteiger partial charge < -0.3 is 9.80 Å². The number of nitrogens with zero attached hydrogens (tertiary/aromatic N) is 5. The van der Waals surface area contributed by atoms with E-state index in [4.69, 9.17) is 9.97 Å². The maximum absolute atomic E-state index is 12.9. The van der Waals surface area contributed by atoms with Gasteiger partial charge in [0.1, 0.15) is 5.82 Å². The number of para-hydroxylation sites is 1. The predicted octanol–water partition coefficient (Wildman–Crippen LogP) is 4.17. The van der Waals surface area contributed by atoms with Gasteiger partial charge in [0, 0.05) is 54.8 Å². The first-order valence-corrected chi connectivity index (χ1v) is 10.7. The summed E-state index contributed by atoms with van der Waals surface area (Å²) in [5.41, 5.74) is 2.26. The SMILES string of the molecule is O=C(c1ccc([N+](=O)[O-])cc1)N1CCN(c2nc(-c3ccccc3)nc3ccccc23)CC1. The lowest BCUT2D eigenvalue weighted by molar-refractivity contribution is -0.384. The topological polar surface area (TPSA) is 92.5 Å². The predicted molar refractivity (Wildman–Crippen MR) is 126 cm³/mol. The summed E-state index contributed by atoms with van der Waals surface area (Å²) in [6, 6.07) is 23.6. The van der Waals surface area contributed by atoms with E-state index in [1.807, 2.05) is 54.6 Å². The smallest absolute Gasteiger partial charge is 0.269 e. The second-order valence-corrected chi connectivity index (χ2v) is 7.84. The van der Waals surface area contributed by atoms with E-state index in [1.54, 1.807) is 4.90 Å². The Bertz CT molecular complexity index is 1320. The van der Waals surface area contributed by atoms with Crippen molar-refractivity contribution in [3.63, 3.8) is 0 Å². The van der Waals surface area contributed by atoms with Crippen molar-refractivity contribution in [3.05, 3.63) is 94.5 Å². The maximum Gasteiger partial charge on any atom is 0.269 e. The Labute approximate surface area is 190 Å². The van der Waals surface area contributed by atoms with Gasteiger partial charge in [-0.2, -0.15) is 0 Å². The molecular formula is C25H21N5O3. The van der Waals surface area contributed by atoms with Crippen LogP contribution in [0.1, 0.15) is 10.4 Å². The molecule has 8 heteroatoms. The molecule has 0 spiro atoms. The van der Waals surface area contributed by atoms with Gasteiger partial charge in [0.25, 0.3) is 11.6 Å². The number of piperazine rings is 1. The van der Waals surface area contributed by atoms with Crippen LogP contribution in [-0.2, 0) is 0 Å². The number of hydrogen-bond donors (Lipinski definition) is 0. The minimum absolute atomic E-state index is 0.0266. The van der Waals surface area contributed by atoms with Gasteiger partial charge in [-0.1, -0.05) is 42.5 Å². The van der Waals surface area contributed by atoms with Crippen LogP contribution in [0.5, 0.6) is 0 Å². The molecule has 1 aromatic heterocycles. The molecule has 1 fully saturated rings. The Morgan fingerprint density at radius 3 is 2.18 bits per heavy atom. The monoisotopic (exact) mass is 439 g/mol. The number of carbonyl (C=O) groups excluding carboxylic acids is 1. The molecule has 0 bridgehead atoms. The molecule has 0 radical (unpaired) electrons. The van der Waals surface area contributed by atoms with Crippen LogP contribution in [0, 0.1) is 10.1 Å². The largest absolute Gasteiger partial charge is 0.352 e. The normalized spacial score (nSPS) is 13.8. The van der Waals surface area contributed by atoms with Crippen LogP contribution >= 0.6 is 0 Å². The number of non-ortho nitro benzene ring substituents is 1. The van der Waals surface area contributed by atoms with Crippen LogP contribution < -0.4 is 4.90 Å². The number of benzene rings is 3. The molecule has 0 N–H and O–H groups in total. The molecule has 0 atom stereocenters. The van der Waals surface area contributed by atoms with Gasteiger partial charge in [0.05, 0.1) is 10.4 Å². The summed E-state index contributed by atoms with van der Waals surface area (Å²) in [4.78, 5) is 36.9. The zero-order valence-electron chi connectivity index (χ0n) is 17.8. The molecule has 0 saturated carbocycles. The maximum atomic E-state index is 12.9. The number of amides is 1. The molecule has 0 aliphatic carbocycles. The third-order valence-corrected chi connectivity index (χ3v) is 5.81. The molecule has 2 heterocycles. The molecule has 1 amide bonds. The summed E-state index contributed by atoms with van der Waals surface area (Å²) < 4.78 is 0. The molecule has 164 valence electrons. The second-order valence-electron chi connectivity index (χ2n) is 7.84. The van der Waals surface area contributed by atoms with Gasteiger partial charge in [0.2, 0.25) is 0 Å². The van der Waals surface area contributed by atoms with E-state index in [9.17, 15) is 14.9 Å². The highest BCUT2D eigenvalue weighted by Gasteiger charge is 2.25. The van der Waals surface area contributed by atoms with E-state index in [0.29, 0.717) is 37.6 Å². The Morgan fingerprint density at radius 2 is 1.48 bits per heavy atom. The summed E-state index contributed by atoms with van der Waals surface area (Å²) >= 11 is 0. The fourth-order valence-corrected chi connectivity index (χ4v) is 4.05. The highest BCUT2D eigenvalue weighted by Crippen LogP contribution is 2.28. The number of nitro groups is 1. The average molecular weight is 439 g/mol. The van der Waals surface area contributed by atoms with E-state index in [2.05, 4.69) is 4.90 Å². The lowest BCUT2D eigenvalue weighted by Gasteiger charge is -2.36. The zero-order chi connectivity index (χ0) is 22.8. The molecule has 1 aliphatic heterocycles. The number of rotatable bonds is 4. The van der Waals surface area contributed by atoms with Gasteiger partial charge >= 0.3 is 0 Å². The lowest BCUT2D eigenvalue weighted by atomic mass is 10.1. The Kier molecular flexibility index (Phi) is 5.40. The highest BCUT2D eigenvalue weighted by molar-refractivity contribution is 5.95. The molecule has 5 rings (SSSR count). The summed E-state index contributed by atoms with van der Waals surface area (Å²) in [6.07, 6.45) is 0. The first-order chi connectivity index (χ1) is 16.1. The van der Waals surface area contributed by atoms with Crippen molar-refractivity contribution in [3.8, 4) is 11.4 Å². The summed E-state index contributed by atoms with van der Waals surface area (Å²) in [7, 11) is 0. The molecule has 0 unspecified atom stereocenters. The van der Waals surface area contributed by atoms with E-state index >= 15 is 0 Å². The molecule has 33 heavy (non-hydrogen) atoms. The third kappa shape index (κ3) is 4.10. The number of nitro benzene ring substituents is 1. The highest BCUT2D eigenvalue weighted by atomic mass is 16.6. The van der Waals surface area contributed by atoms with Crippen molar-refractivity contribution >= 4 is 28.3 Å². The van der Waals surface area contributed by atoms with Crippen molar-refractivity contribution in [2.24, 2.45) is 0 Å². The first kappa shape index (κ1) is 20.6. The van der Waals surface area contributed by atoms with Crippen molar-refractivity contribution in [2.45, 2.75) is 0 Å². The van der Waals surface area contributed by atoms with Gasteiger partial charge in [-0.3, -0.25) is 14.9 Å². The third-order valence-electron chi connectivity index (χ3n) is 5.81. The summed E-state index contributed by atoms with van der Waals surface area (Å²) in [5.74, 6) is 1.41. The van der Waals surface area contributed by atoms with Gasteiger partial charge in [0.15, 0.2) is 5.82 Å². The van der Waals surface area contributed by atoms with Crippen LogP contribution in [0.3, 0.4) is 0 Å². The first-order valence-electron chi connectivity index (χ1n) is 10.7. The Balaban J connectivity index is 1.38. The molecule has 1 aliphatic rings. The fourth-order valence-electron chi connectivity index (χ4n) is 4.05. The van der Waals surface area contributed by atoms with Crippen LogP contribution in [0.2, 0.25) is 0 Å². The Hall–Kier alpha value is -4.33. The van der Waals surface area contributed by atoms with Gasteiger partial charge in [-0.15, -0.1) is 0 Å². The fraction of sp³-hybridized carbons (Fsp3) is 0.160. The molecular weight excluding hydrogens is 418 g/mol. The zero-order valence-corrected chi connectivity index (χ0v) is 17.8. The number of fused-ring (bicyclic) bond motifs is 1. The van der Waals surface area contributed by atoms with Crippen LogP contribution in [0.4, 0.5) is 11.5 Å². The van der Waals surface area contributed by atoms with Crippen molar-refractivity contribution in [1.29, 1.82) is 0 Å². The second kappa shape index (κ2) is 8.66. The van der Waals surface area contributed by atoms with Crippen molar-refractivity contribution in [2.75, 3.05) is 31.1 Å². The molecule has 4 aromatic rings. The van der Waals surface area contributed by atoms with Crippen LogP contribution in [0.25, 0.3) is 22.3 Å². The minimum atomic E-state index is -0.469. The number of anilines is 1. The van der Waals surface area contributed by atoms with E-state index in [0.717, 1.165) is 22.3 Å². The molecule has 1 saturated heterocycles. The van der Waals surface area contributed by atoms with E-state index < -0.39 is 4.92 Å². The average Bonchev–Trinajstić information content (AvgIpc) is 2.88. The summed E-state index contributed by atoms with van der Waals surface area (Å²) in [6.45, 7) is 2.34. The van der Waals surface area contributed by atoms with Crippen LogP contribution in [-0.4, -0.2) is 51.9 Å². The standard InChI is InChI=1S/C25H21N5O3/c31-25(19-10-12-20(13-11-19)30(32)33)29-16-14-28(15-17-29)24-21-8-4-5-9-22(21)26-23(27-24)18-6-2-1-3-7-18/h1-13H,14-17H2. The van der Waals surface area contributed by atoms with E-state index in [1.165, 1.54) is 24.3 Å². The lowest BCUT2D eigenvalue weighted by Crippen LogP contribution is -2.49. The van der Waals surface area contributed by atoms with Crippen molar-refractivity contribution < 1.29 is 9.72 Å². The van der Waals surface area contributed by atoms with E-state index in [-0.39, 0.29) is 11.6 Å². The quantitative estimate of drug-likeness (QED) is 0.350. The van der Waals surface area contributed by atoms with Crippen LogP contribution in [0.15, 0.2) is 78.9 Å². The minimum Gasteiger partial charge on any atom is -0.352 e. The number of hydrogen-bond acceptors (Lipinski definition) is 6. The number of aromatic nitrogens is 2. The van der Waals surface area contributed by atoms with Gasteiger partial charge in [-0.25, -0.2) is 9.97 Å².